The normalized spacial score (nSPS) is 10.4. The number of nitrogens with zero attached hydrogens (tertiary/aromatic N) is 2. The largest absolute Gasteiger partial charge is 0.379 e. The fourth-order valence-electron chi connectivity index (χ4n) is 1.43. The number of aromatic nitrogens is 2. The van der Waals surface area contributed by atoms with Crippen molar-refractivity contribution in [1.29, 1.82) is 0 Å². The van der Waals surface area contributed by atoms with Gasteiger partial charge in [0.15, 0.2) is 0 Å². The summed E-state index contributed by atoms with van der Waals surface area (Å²) in [5.41, 5.74) is 2.12. The van der Waals surface area contributed by atoms with Crippen LogP contribution in [0.2, 0.25) is 0 Å². The van der Waals surface area contributed by atoms with Crippen LogP contribution < -0.4 is 5.32 Å². The van der Waals surface area contributed by atoms with Gasteiger partial charge < -0.3 is 5.32 Å². The van der Waals surface area contributed by atoms with Gasteiger partial charge in [0.25, 0.3) is 0 Å². The van der Waals surface area contributed by atoms with E-state index in [4.69, 9.17) is 0 Å². The Labute approximate surface area is 107 Å². The zero-order valence-electron chi connectivity index (χ0n) is 9.12. The Morgan fingerprint density at radius 2 is 2.19 bits per heavy atom. The summed E-state index contributed by atoms with van der Waals surface area (Å²) in [6.07, 6.45) is 3.58. The molecule has 0 saturated carbocycles. The lowest BCUT2D eigenvalue weighted by Gasteiger charge is -2.04. The molecule has 2 aromatic heterocycles. The first kappa shape index (κ1) is 11.5. The van der Waals surface area contributed by atoms with Crippen LogP contribution in [-0.2, 0) is 6.54 Å². The van der Waals surface area contributed by atoms with Gasteiger partial charge in [-0.05, 0) is 35.8 Å². The number of rotatable bonds is 3. The predicted molar refractivity (Wildman–Crippen MR) is 70.9 cm³/mol. The van der Waals surface area contributed by atoms with E-state index >= 15 is 0 Å². The zero-order chi connectivity index (χ0) is 11.5. The van der Waals surface area contributed by atoms with Gasteiger partial charge in [0.05, 0.1) is 29.1 Å². The minimum absolute atomic E-state index is 0.801. The highest BCUT2D eigenvalue weighted by atomic mass is 79.9. The Kier molecular flexibility index (Phi) is 3.56. The van der Waals surface area contributed by atoms with Gasteiger partial charge in [-0.2, -0.15) is 0 Å². The van der Waals surface area contributed by atoms with Gasteiger partial charge in [0, 0.05) is 15.5 Å². The molecular formula is C11H12BrN3S. The molecule has 5 heteroatoms. The van der Waals surface area contributed by atoms with Crippen molar-refractivity contribution in [2.75, 3.05) is 5.32 Å². The van der Waals surface area contributed by atoms with Crippen LogP contribution in [0.5, 0.6) is 0 Å². The summed E-state index contributed by atoms with van der Waals surface area (Å²) in [5.74, 6) is 0. The quantitative estimate of drug-likeness (QED) is 0.942. The van der Waals surface area contributed by atoms with Crippen LogP contribution in [0, 0.1) is 13.8 Å². The molecule has 0 aliphatic carbocycles. The van der Waals surface area contributed by atoms with Crippen LogP contribution in [0.1, 0.15) is 15.6 Å². The zero-order valence-corrected chi connectivity index (χ0v) is 11.5. The molecule has 3 nitrogen and oxygen atoms in total. The van der Waals surface area contributed by atoms with Crippen LogP contribution in [-0.4, -0.2) is 9.97 Å². The van der Waals surface area contributed by atoms with E-state index in [1.807, 2.05) is 26.1 Å². The number of pyridine rings is 1. The van der Waals surface area contributed by atoms with Gasteiger partial charge in [-0.3, -0.25) is 4.98 Å². The molecule has 0 bridgehead atoms. The van der Waals surface area contributed by atoms with Crippen LogP contribution in [0.25, 0.3) is 0 Å². The molecule has 2 heterocycles. The highest BCUT2D eigenvalue weighted by Crippen LogP contribution is 2.19. The maximum absolute atomic E-state index is 4.39. The molecule has 0 aliphatic rings. The summed E-state index contributed by atoms with van der Waals surface area (Å²) in [6, 6.07) is 2.01. The molecule has 0 spiro atoms. The molecule has 84 valence electrons. The lowest BCUT2D eigenvalue weighted by molar-refractivity contribution is 1.10. The SMILES string of the molecule is Cc1nc(C)c(CNc2cncc(Br)c2)s1. The van der Waals surface area contributed by atoms with Crippen LogP contribution in [0.4, 0.5) is 5.69 Å². The molecule has 0 radical (unpaired) electrons. The standard InChI is InChI=1S/C11H12BrN3S/c1-7-11(16-8(2)15-7)6-14-10-3-9(12)4-13-5-10/h3-5,14H,6H2,1-2H3. The van der Waals surface area contributed by atoms with Crippen molar-refractivity contribution in [2.45, 2.75) is 20.4 Å². The minimum Gasteiger partial charge on any atom is -0.379 e. The Morgan fingerprint density at radius 3 is 2.81 bits per heavy atom. The Hall–Kier alpha value is -0.940. The van der Waals surface area contributed by atoms with E-state index in [0.717, 1.165) is 27.4 Å². The molecule has 2 aromatic rings. The second-order valence-corrected chi connectivity index (χ2v) is 5.69. The highest BCUT2D eigenvalue weighted by Gasteiger charge is 2.04. The van der Waals surface area contributed by atoms with Crippen LogP contribution >= 0.6 is 27.3 Å². The maximum atomic E-state index is 4.39. The van der Waals surface area contributed by atoms with Crippen molar-refractivity contribution in [3.63, 3.8) is 0 Å². The lowest BCUT2D eigenvalue weighted by Crippen LogP contribution is -1.99. The fourth-order valence-corrected chi connectivity index (χ4v) is 2.67. The second kappa shape index (κ2) is 4.93. The summed E-state index contributed by atoms with van der Waals surface area (Å²) in [6.45, 7) is 4.87. The van der Waals surface area contributed by atoms with Gasteiger partial charge in [0.2, 0.25) is 0 Å². The molecule has 0 unspecified atom stereocenters. The third kappa shape index (κ3) is 2.80. The van der Waals surface area contributed by atoms with E-state index in [1.165, 1.54) is 4.88 Å². The number of hydrogen-bond donors (Lipinski definition) is 1. The second-order valence-electron chi connectivity index (χ2n) is 3.49. The van der Waals surface area contributed by atoms with Crippen molar-refractivity contribution < 1.29 is 0 Å². The molecule has 0 aromatic carbocycles. The number of thiazole rings is 1. The van der Waals surface area contributed by atoms with Gasteiger partial charge >= 0.3 is 0 Å². The predicted octanol–water partition coefficient (Wildman–Crippen LogP) is 3.53. The van der Waals surface area contributed by atoms with E-state index in [2.05, 4.69) is 31.2 Å². The molecule has 0 aliphatic heterocycles. The van der Waals surface area contributed by atoms with Crippen molar-refractivity contribution in [3.8, 4) is 0 Å². The molecule has 0 saturated heterocycles. The first-order chi connectivity index (χ1) is 7.65. The Balaban J connectivity index is 2.05. The molecule has 16 heavy (non-hydrogen) atoms. The van der Waals surface area contributed by atoms with E-state index < -0.39 is 0 Å². The van der Waals surface area contributed by atoms with Crippen molar-refractivity contribution >= 4 is 33.0 Å². The Bertz CT molecular complexity index is 496. The summed E-state index contributed by atoms with van der Waals surface area (Å²) >= 11 is 5.13. The van der Waals surface area contributed by atoms with Crippen LogP contribution in [0.3, 0.4) is 0 Å². The van der Waals surface area contributed by atoms with Crippen LogP contribution in [0.15, 0.2) is 22.9 Å². The summed E-state index contributed by atoms with van der Waals surface area (Å²) in [7, 11) is 0. The van der Waals surface area contributed by atoms with Gasteiger partial charge in [-0.25, -0.2) is 4.98 Å². The van der Waals surface area contributed by atoms with E-state index in [1.54, 1.807) is 17.5 Å². The number of aryl methyl sites for hydroxylation is 2. The van der Waals surface area contributed by atoms with Crippen molar-refractivity contribution in [3.05, 3.63) is 38.5 Å². The fraction of sp³-hybridized carbons (Fsp3) is 0.273. The van der Waals surface area contributed by atoms with Gasteiger partial charge in [0.1, 0.15) is 0 Å². The highest BCUT2D eigenvalue weighted by molar-refractivity contribution is 9.10. The topological polar surface area (TPSA) is 37.8 Å². The molecule has 1 N–H and O–H groups in total. The first-order valence-electron chi connectivity index (χ1n) is 4.92. The smallest absolute Gasteiger partial charge is 0.0900 e. The molecule has 0 amide bonds. The average molecular weight is 298 g/mol. The van der Waals surface area contributed by atoms with Gasteiger partial charge in [-0.1, -0.05) is 0 Å². The number of hydrogen-bond acceptors (Lipinski definition) is 4. The number of nitrogens with one attached hydrogen (secondary N) is 1. The van der Waals surface area contributed by atoms with Crippen molar-refractivity contribution in [1.82, 2.24) is 9.97 Å². The van der Waals surface area contributed by atoms with E-state index in [9.17, 15) is 0 Å². The van der Waals surface area contributed by atoms with E-state index in [0.29, 0.717) is 0 Å². The monoisotopic (exact) mass is 297 g/mol. The third-order valence-corrected chi connectivity index (χ3v) is 3.66. The summed E-state index contributed by atoms with van der Waals surface area (Å²) in [5, 5.41) is 4.45. The van der Waals surface area contributed by atoms with Gasteiger partial charge in [-0.15, -0.1) is 11.3 Å². The first-order valence-corrected chi connectivity index (χ1v) is 6.53. The molecule has 0 fully saturated rings. The molecular weight excluding hydrogens is 286 g/mol. The maximum Gasteiger partial charge on any atom is 0.0900 e. The van der Waals surface area contributed by atoms with E-state index in [-0.39, 0.29) is 0 Å². The third-order valence-electron chi connectivity index (χ3n) is 2.16. The summed E-state index contributed by atoms with van der Waals surface area (Å²) in [4.78, 5) is 9.77. The molecule has 0 atom stereocenters. The summed E-state index contributed by atoms with van der Waals surface area (Å²) < 4.78 is 0.981. The average Bonchev–Trinajstić information content (AvgIpc) is 2.54. The molecule has 2 rings (SSSR count). The number of halogens is 1. The Morgan fingerprint density at radius 1 is 1.38 bits per heavy atom. The van der Waals surface area contributed by atoms with Crippen molar-refractivity contribution in [2.24, 2.45) is 0 Å². The lowest BCUT2D eigenvalue weighted by atomic mass is 10.3. The number of anilines is 1. The minimum atomic E-state index is 0.801.